The monoisotopic (exact) mass is 287 g/mol. The van der Waals surface area contributed by atoms with Crippen molar-refractivity contribution in [2.45, 2.75) is 19.8 Å². The fourth-order valence-electron chi connectivity index (χ4n) is 2.41. The normalized spacial score (nSPS) is 11.0. The molecule has 0 aliphatic carbocycles. The van der Waals surface area contributed by atoms with Crippen molar-refractivity contribution in [3.8, 4) is 0 Å². The molecule has 0 unspecified atom stereocenters. The van der Waals surface area contributed by atoms with Crippen LogP contribution in [-0.2, 0) is 6.42 Å². The Morgan fingerprint density at radius 1 is 1.05 bits per heavy atom. The fourth-order valence-corrected chi connectivity index (χ4v) is 2.41. The summed E-state index contributed by atoms with van der Waals surface area (Å²) in [5, 5.41) is 3.94. The van der Waals surface area contributed by atoms with E-state index in [0.717, 1.165) is 44.7 Å². The molecule has 4 heteroatoms. The molecule has 0 bridgehead atoms. The summed E-state index contributed by atoms with van der Waals surface area (Å²) in [5.74, 6) is 0. The Labute approximate surface area is 127 Å². The summed E-state index contributed by atoms with van der Waals surface area (Å²) >= 11 is 0. The number of likely N-dealkylation sites (N-methyl/N-ethyl adjacent to an activating group) is 2. The Balaban J connectivity index is 1.68. The van der Waals surface area contributed by atoms with Crippen molar-refractivity contribution in [2.24, 2.45) is 0 Å². The van der Waals surface area contributed by atoms with Gasteiger partial charge in [-0.2, -0.15) is 0 Å². The SMILES string of the molecule is CCN(CCN(C)CCCc1ccon1)c1ccccc1. The number of hydrogen-bond donors (Lipinski definition) is 0. The average Bonchev–Trinajstić information content (AvgIpc) is 3.02. The molecule has 2 rings (SSSR count). The molecule has 0 spiro atoms. The molecule has 114 valence electrons. The third kappa shape index (κ3) is 5.23. The van der Waals surface area contributed by atoms with E-state index in [9.17, 15) is 0 Å². The maximum absolute atomic E-state index is 4.84. The predicted octanol–water partition coefficient (Wildman–Crippen LogP) is 3.07. The largest absolute Gasteiger partial charge is 0.371 e. The molecule has 1 aromatic heterocycles. The summed E-state index contributed by atoms with van der Waals surface area (Å²) in [6, 6.07) is 12.5. The first-order valence-corrected chi connectivity index (χ1v) is 7.67. The van der Waals surface area contributed by atoms with Gasteiger partial charge in [0.25, 0.3) is 0 Å². The lowest BCUT2D eigenvalue weighted by atomic mass is 10.2. The molecule has 0 amide bonds. The first-order valence-electron chi connectivity index (χ1n) is 7.67. The van der Waals surface area contributed by atoms with Crippen LogP contribution in [0.5, 0.6) is 0 Å². The highest BCUT2D eigenvalue weighted by Gasteiger charge is 2.06. The van der Waals surface area contributed by atoms with Gasteiger partial charge in [-0.3, -0.25) is 0 Å². The number of rotatable bonds is 9. The van der Waals surface area contributed by atoms with E-state index in [-0.39, 0.29) is 0 Å². The molecular formula is C17H25N3O. The number of anilines is 1. The van der Waals surface area contributed by atoms with Crippen LogP contribution in [-0.4, -0.2) is 43.3 Å². The van der Waals surface area contributed by atoms with Gasteiger partial charge in [0.05, 0.1) is 5.69 Å². The topological polar surface area (TPSA) is 32.5 Å². The van der Waals surface area contributed by atoms with Gasteiger partial charge in [0.1, 0.15) is 6.26 Å². The van der Waals surface area contributed by atoms with Crippen molar-refractivity contribution in [1.29, 1.82) is 0 Å². The minimum Gasteiger partial charge on any atom is -0.371 e. The van der Waals surface area contributed by atoms with Crippen molar-refractivity contribution < 1.29 is 4.52 Å². The maximum atomic E-state index is 4.84. The molecule has 0 atom stereocenters. The number of hydrogen-bond acceptors (Lipinski definition) is 4. The van der Waals surface area contributed by atoms with Crippen LogP contribution in [0.15, 0.2) is 47.2 Å². The van der Waals surface area contributed by atoms with E-state index in [1.165, 1.54) is 5.69 Å². The lowest BCUT2D eigenvalue weighted by Crippen LogP contribution is -2.33. The highest BCUT2D eigenvalue weighted by atomic mass is 16.5. The van der Waals surface area contributed by atoms with Gasteiger partial charge < -0.3 is 14.3 Å². The molecule has 0 radical (unpaired) electrons. The Hall–Kier alpha value is -1.81. The van der Waals surface area contributed by atoms with Gasteiger partial charge in [0, 0.05) is 31.4 Å². The van der Waals surface area contributed by atoms with Crippen molar-refractivity contribution in [3.05, 3.63) is 48.4 Å². The molecule has 0 saturated heterocycles. The van der Waals surface area contributed by atoms with Crippen molar-refractivity contribution in [1.82, 2.24) is 10.1 Å². The minimum absolute atomic E-state index is 0.983. The molecule has 2 aromatic rings. The van der Waals surface area contributed by atoms with Crippen LogP contribution in [0.4, 0.5) is 5.69 Å². The van der Waals surface area contributed by atoms with Crippen LogP contribution in [0.1, 0.15) is 19.0 Å². The molecule has 0 N–H and O–H groups in total. The first kappa shape index (κ1) is 15.6. The number of para-hydroxylation sites is 1. The number of benzene rings is 1. The van der Waals surface area contributed by atoms with E-state index in [4.69, 9.17) is 4.52 Å². The average molecular weight is 287 g/mol. The molecule has 0 saturated carbocycles. The number of aryl methyl sites for hydroxylation is 1. The smallest absolute Gasteiger partial charge is 0.124 e. The first-order chi connectivity index (χ1) is 10.3. The van der Waals surface area contributed by atoms with Gasteiger partial charge in [-0.05, 0) is 45.5 Å². The summed E-state index contributed by atoms with van der Waals surface area (Å²) in [5.41, 5.74) is 2.35. The molecule has 4 nitrogen and oxygen atoms in total. The van der Waals surface area contributed by atoms with Gasteiger partial charge in [-0.1, -0.05) is 23.4 Å². The zero-order valence-electron chi connectivity index (χ0n) is 13.0. The van der Waals surface area contributed by atoms with Gasteiger partial charge in [-0.25, -0.2) is 0 Å². The summed E-state index contributed by atoms with van der Waals surface area (Å²) < 4.78 is 4.84. The van der Waals surface area contributed by atoms with E-state index in [1.54, 1.807) is 6.26 Å². The van der Waals surface area contributed by atoms with Gasteiger partial charge in [0.2, 0.25) is 0 Å². The molecular weight excluding hydrogens is 262 g/mol. The quantitative estimate of drug-likeness (QED) is 0.709. The molecule has 21 heavy (non-hydrogen) atoms. The molecule has 1 aromatic carbocycles. The molecule has 0 aliphatic rings. The van der Waals surface area contributed by atoms with Gasteiger partial charge >= 0.3 is 0 Å². The molecule has 0 fully saturated rings. The van der Waals surface area contributed by atoms with Crippen molar-refractivity contribution in [3.63, 3.8) is 0 Å². The van der Waals surface area contributed by atoms with Crippen LogP contribution >= 0.6 is 0 Å². The van der Waals surface area contributed by atoms with Crippen molar-refractivity contribution in [2.75, 3.05) is 38.1 Å². The van der Waals surface area contributed by atoms with Crippen LogP contribution in [0.2, 0.25) is 0 Å². The number of aromatic nitrogens is 1. The van der Waals surface area contributed by atoms with Crippen LogP contribution < -0.4 is 4.90 Å². The summed E-state index contributed by atoms with van der Waals surface area (Å²) in [6.45, 7) is 6.45. The fraction of sp³-hybridized carbons (Fsp3) is 0.471. The Morgan fingerprint density at radius 3 is 2.52 bits per heavy atom. The highest BCUT2D eigenvalue weighted by molar-refractivity contribution is 5.45. The van der Waals surface area contributed by atoms with Crippen LogP contribution in [0.25, 0.3) is 0 Å². The van der Waals surface area contributed by atoms with Crippen LogP contribution in [0.3, 0.4) is 0 Å². The van der Waals surface area contributed by atoms with E-state index < -0.39 is 0 Å². The third-order valence-electron chi connectivity index (χ3n) is 3.72. The summed E-state index contributed by atoms with van der Waals surface area (Å²) in [6.07, 6.45) is 3.73. The molecule has 1 heterocycles. The van der Waals surface area contributed by atoms with Crippen molar-refractivity contribution >= 4 is 5.69 Å². The maximum Gasteiger partial charge on any atom is 0.124 e. The summed E-state index contributed by atoms with van der Waals surface area (Å²) in [4.78, 5) is 4.79. The lowest BCUT2D eigenvalue weighted by molar-refractivity contribution is 0.333. The van der Waals surface area contributed by atoms with E-state index in [2.05, 4.69) is 59.3 Å². The van der Waals surface area contributed by atoms with E-state index >= 15 is 0 Å². The predicted molar refractivity (Wildman–Crippen MR) is 86.7 cm³/mol. The lowest BCUT2D eigenvalue weighted by Gasteiger charge is -2.26. The number of nitrogens with zero attached hydrogens (tertiary/aromatic N) is 3. The molecule has 0 aliphatic heterocycles. The third-order valence-corrected chi connectivity index (χ3v) is 3.72. The van der Waals surface area contributed by atoms with E-state index in [0.29, 0.717) is 0 Å². The second-order valence-electron chi connectivity index (χ2n) is 5.31. The van der Waals surface area contributed by atoms with Gasteiger partial charge in [-0.15, -0.1) is 0 Å². The zero-order valence-corrected chi connectivity index (χ0v) is 13.0. The van der Waals surface area contributed by atoms with Crippen LogP contribution in [0, 0.1) is 0 Å². The Morgan fingerprint density at radius 2 is 1.86 bits per heavy atom. The second-order valence-corrected chi connectivity index (χ2v) is 5.31. The Kier molecular flexibility index (Phi) is 6.28. The van der Waals surface area contributed by atoms with E-state index in [1.807, 2.05) is 6.07 Å². The van der Waals surface area contributed by atoms with Gasteiger partial charge in [0.15, 0.2) is 0 Å². The highest BCUT2D eigenvalue weighted by Crippen LogP contribution is 2.12. The Bertz CT molecular complexity index is 484. The zero-order chi connectivity index (χ0) is 14.9. The standard InChI is InChI=1S/C17H25N3O/c1-3-20(17-9-5-4-6-10-17)14-13-19(2)12-7-8-16-11-15-21-18-16/h4-6,9-11,15H,3,7-8,12-14H2,1-2H3. The minimum atomic E-state index is 0.983. The summed E-state index contributed by atoms with van der Waals surface area (Å²) in [7, 11) is 2.18. The second kappa shape index (κ2) is 8.47.